The highest BCUT2D eigenvalue weighted by Gasteiger charge is 2.03. The van der Waals surface area contributed by atoms with E-state index < -0.39 is 0 Å². The molecule has 0 fully saturated rings. The van der Waals surface area contributed by atoms with E-state index in [0.29, 0.717) is 0 Å². The second-order valence-electron chi connectivity index (χ2n) is 4.20. The predicted octanol–water partition coefficient (Wildman–Crippen LogP) is 5.16. The van der Waals surface area contributed by atoms with E-state index in [0.717, 1.165) is 0 Å². The van der Waals surface area contributed by atoms with E-state index in [-0.39, 0.29) is 59.7 Å². The van der Waals surface area contributed by atoms with Gasteiger partial charge in [-0.05, 0) is 24.3 Å². The van der Waals surface area contributed by atoms with Gasteiger partial charge >= 0.3 is 0 Å². The number of rotatable bonds is 4. The summed E-state index contributed by atoms with van der Waals surface area (Å²) in [6.45, 7) is 0. The zero-order valence-corrected chi connectivity index (χ0v) is 14.1. The highest BCUT2D eigenvalue weighted by Crippen LogP contribution is 2.29. The summed E-state index contributed by atoms with van der Waals surface area (Å²) in [5, 5.41) is 34.2. The lowest BCUT2D eigenvalue weighted by Crippen LogP contribution is -1.72. The molecule has 0 saturated carbocycles. The Morgan fingerprint density at radius 1 is 0.680 bits per heavy atom. The third-order valence-corrected chi connectivity index (χ3v) is 2.60. The Morgan fingerprint density at radius 2 is 1.12 bits per heavy atom. The standard InChI is InChI=1S/C14H10N6O3.2ClH/c21-9-3-1-7-15-13(9)19-17-11-5-6-12(23-11)18-20-14-10(22)4-2-8-16-14;;/h1-8,21-22H;2*1H/b19-17+,20-18+;;. The molecule has 3 aromatic heterocycles. The summed E-state index contributed by atoms with van der Waals surface area (Å²) in [6.07, 6.45) is 2.96. The maximum Gasteiger partial charge on any atom is 0.241 e. The van der Waals surface area contributed by atoms with E-state index in [1.54, 1.807) is 12.1 Å². The summed E-state index contributed by atoms with van der Waals surface area (Å²) < 4.78 is 5.27. The van der Waals surface area contributed by atoms with Crippen LogP contribution in [0.3, 0.4) is 0 Å². The number of pyridine rings is 2. The van der Waals surface area contributed by atoms with E-state index in [1.165, 1.54) is 36.7 Å². The van der Waals surface area contributed by atoms with Crippen LogP contribution in [0.25, 0.3) is 0 Å². The van der Waals surface area contributed by atoms with Crippen LogP contribution in [0, 0.1) is 0 Å². The lowest BCUT2D eigenvalue weighted by molar-refractivity contribution is 0.473. The predicted molar refractivity (Wildman–Crippen MR) is 93.4 cm³/mol. The minimum absolute atomic E-state index is 0. The molecule has 3 aromatic rings. The van der Waals surface area contributed by atoms with Gasteiger partial charge < -0.3 is 14.6 Å². The molecule has 0 aromatic carbocycles. The Balaban J connectivity index is 0.00000156. The quantitative estimate of drug-likeness (QED) is 0.602. The fourth-order valence-electron chi connectivity index (χ4n) is 1.55. The lowest BCUT2D eigenvalue weighted by Gasteiger charge is -1.93. The van der Waals surface area contributed by atoms with Crippen LogP contribution < -0.4 is 0 Å². The monoisotopic (exact) mass is 382 g/mol. The highest BCUT2D eigenvalue weighted by molar-refractivity contribution is 5.85. The molecule has 0 aliphatic heterocycles. The molecule has 3 heterocycles. The first-order valence-electron chi connectivity index (χ1n) is 6.43. The third-order valence-electron chi connectivity index (χ3n) is 2.60. The van der Waals surface area contributed by atoms with Crippen LogP contribution in [0.15, 0.2) is 73.7 Å². The summed E-state index contributed by atoms with van der Waals surface area (Å²) in [4.78, 5) is 7.71. The average Bonchev–Trinajstić information content (AvgIpc) is 3.01. The summed E-state index contributed by atoms with van der Waals surface area (Å²) in [5.41, 5.74) is 0. The summed E-state index contributed by atoms with van der Waals surface area (Å²) in [5.74, 6) is 0.293. The van der Waals surface area contributed by atoms with Gasteiger partial charge in [0.15, 0.2) is 11.5 Å². The molecule has 3 rings (SSSR count). The van der Waals surface area contributed by atoms with Gasteiger partial charge in [0, 0.05) is 24.5 Å². The van der Waals surface area contributed by atoms with Gasteiger partial charge in [-0.1, -0.05) is 0 Å². The number of hydrogen-bond donors (Lipinski definition) is 2. The average molecular weight is 383 g/mol. The molecule has 0 bridgehead atoms. The van der Waals surface area contributed by atoms with E-state index in [9.17, 15) is 10.2 Å². The fourth-order valence-corrected chi connectivity index (χ4v) is 1.55. The Morgan fingerprint density at radius 3 is 1.52 bits per heavy atom. The van der Waals surface area contributed by atoms with Crippen molar-refractivity contribution in [2.45, 2.75) is 0 Å². The molecule has 2 N–H and O–H groups in total. The van der Waals surface area contributed by atoms with Crippen LogP contribution in [-0.2, 0) is 0 Å². The summed E-state index contributed by atoms with van der Waals surface area (Å²) >= 11 is 0. The van der Waals surface area contributed by atoms with Gasteiger partial charge in [-0.2, -0.15) is 0 Å². The maximum atomic E-state index is 9.52. The minimum Gasteiger partial charge on any atom is -0.504 e. The number of hydrogen-bond acceptors (Lipinski definition) is 9. The van der Waals surface area contributed by atoms with Gasteiger partial charge in [0.25, 0.3) is 0 Å². The third kappa shape index (κ3) is 5.23. The van der Waals surface area contributed by atoms with Crippen LogP contribution >= 0.6 is 24.8 Å². The second kappa shape index (κ2) is 9.30. The number of aromatic hydroxyl groups is 2. The fraction of sp³-hybridized carbons (Fsp3) is 0. The van der Waals surface area contributed by atoms with Crippen molar-refractivity contribution in [1.82, 2.24) is 9.97 Å². The molecule has 0 aliphatic carbocycles. The largest absolute Gasteiger partial charge is 0.504 e. The van der Waals surface area contributed by atoms with Crippen molar-refractivity contribution in [3.63, 3.8) is 0 Å². The molecule has 0 saturated heterocycles. The van der Waals surface area contributed by atoms with Gasteiger partial charge in [-0.25, -0.2) is 9.97 Å². The van der Waals surface area contributed by atoms with Crippen molar-refractivity contribution in [2.75, 3.05) is 0 Å². The first-order chi connectivity index (χ1) is 11.2. The van der Waals surface area contributed by atoms with Crippen LogP contribution in [0.5, 0.6) is 11.5 Å². The number of azo groups is 2. The van der Waals surface area contributed by atoms with Gasteiger partial charge in [0.05, 0.1) is 0 Å². The van der Waals surface area contributed by atoms with Crippen molar-refractivity contribution >= 4 is 48.2 Å². The van der Waals surface area contributed by atoms with Crippen molar-refractivity contribution in [3.05, 3.63) is 48.8 Å². The minimum atomic E-state index is -0.0895. The Bertz CT molecular complexity index is 814. The molecule has 0 spiro atoms. The van der Waals surface area contributed by atoms with Crippen molar-refractivity contribution < 1.29 is 14.6 Å². The SMILES string of the molecule is Cl.Cl.Oc1cccnc1/N=N/c1ccc(/N=N/c2ncccc2O)o1. The molecular weight excluding hydrogens is 371 g/mol. The smallest absolute Gasteiger partial charge is 0.241 e. The molecule has 0 radical (unpaired) electrons. The van der Waals surface area contributed by atoms with Crippen molar-refractivity contribution in [2.24, 2.45) is 20.5 Å². The molecule has 0 amide bonds. The second-order valence-corrected chi connectivity index (χ2v) is 4.20. The van der Waals surface area contributed by atoms with Crippen molar-refractivity contribution in [1.29, 1.82) is 0 Å². The summed E-state index contributed by atoms with van der Waals surface area (Å²) in [7, 11) is 0. The van der Waals surface area contributed by atoms with Gasteiger partial charge in [-0.15, -0.1) is 45.3 Å². The van der Waals surface area contributed by atoms with Gasteiger partial charge in [-0.3, -0.25) is 0 Å². The highest BCUT2D eigenvalue weighted by atomic mass is 35.5. The van der Waals surface area contributed by atoms with Gasteiger partial charge in [0.1, 0.15) is 0 Å². The number of nitrogens with zero attached hydrogens (tertiary/aromatic N) is 6. The Kier molecular flexibility index (Phi) is 7.44. The van der Waals surface area contributed by atoms with E-state index >= 15 is 0 Å². The Hall–Kier alpha value is -3.04. The maximum absolute atomic E-state index is 9.52. The van der Waals surface area contributed by atoms with Crippen LogP contribution in [0.1, 0.15) is 0 Å². The molecule has 0 aliphatic rings. The lowest BCUT2D eigenvalue weighted by atomic mass is 10.4. The molecule has 25 heavy (non-hydrogen) atoms. The van der Waals surface area contributed by atoms with Crippen LogP contribution in [0.4, 0.5) is 23.4 Å². The van der Waals surface area contributed by atoms with E-state index in [2.05, 4.69) is 30.4 Å². The normalized spacial score (nSPS) is 10.6. The van der Waals surface area contributed by atoms with Crippen molar-refractivity contribution in [3.8, 4) is 11.5 Å². The molecule has 9 nitrogen and oxygen atoms in total. The first kappa shape index (κ1) is 20.0. The van der Waals surface area contributed by atoms with Crippen LogP contribution in [0.2, 0.25) is 0 Å². The number of halogens is 2. The zero-order chi connectivity index (χ0) is 16.1. The number of furan rings is 1. The molecule has 11 heteroatoms. The molecular formula is C14H12Cl2N6O3. The summed E-state index contributed by atoms with van der Waals surface area (Å²) in [6, 6.07) is 9.09. The van der Waals surface area contributed by atoms with Gasteiger partial charge in [0.2, 0.25) is 23.4 Å². The molecule has 130 valence electrons. The molecule has 0 unspecified atom stereocenters. The topological polar surface area (TPSA) is 129 Å². The van der Waals surface area contributed by atoms with Crippen LogP contribution in [-0.4, -0.2) is 20.2 Å². The first-order valence-corrected chi connectivity index (χ1v) is 6.43. The Labute approximate surface area is 154 Å². The van der Waals surface area contributed by atoms with E-state index in [1.807, 2.05) is 0 Å². The zero-order valence-electron chi connectivity index (χ0n) is 12.4. The number of aromatic nitrogens is 2. The van der Waals surface area contributed by atoms with E-state index in [4.69, 9.17) is 4.42 Å². The molecule has 0 atom stereocenters.